The summed E-state index contributed by atoms with van der Waals surface area (Å²) in [7, 11) is 1.81. The van der Waals surface area contributed by atoms with Crippen molar-refractivity contribution in [2.24, 2.45) is 0 Å². The molecular formula is C14H21ClO3S. The van der Waals surface area contributed by atoms with Crippen molar-refractivity contribution >= 4 is 19.7 Å². The highest BCUT2D eigenvalue weighted by Crippen LogP contribution is 2.18. The third-order valence-electron chi connectivity index (χ3n) is 2.89. The van der Waals surface area contributed by atoms with Gasteiger partial charge in [-0.15, -0.1) is 0 Å². The zero-order chi connectivity index (χ0) is 14.1. The van der Waals surface area contributed by atoms with Gasteiger partial charge in [0, 0.05) is 10.7 Å². The molecule has 0 radical (unpaired) electrons. The van der Waals surface area contributed by atoms with E-state index in [2.05, 4.69) is 13.0 Å². The maximum Gasteiger partial charge on any atom is 0.232 e. The van der Waals surface area contributed by atoms with Crippen molar-refractivity contribution in [2.45, 2.75) is 39.0 Å². The van der Waals surface area contributed by atoms with E-state index < -0.39 is 9.05 Å². The summed E-state index contributed by atoms with van der Waals surface area (Å²) in [4.78, 5) is 0. The maximum absolute atomic E-state index is 10.7. The molecule has 0 saturated carbocycles. The van der Waals surface area contributed by atoms with Crippen LogP contribution in [0.4, 0.5) is 0 Å². The molecule has 0 atom stereocenters. The molecular weight excluding hydrogens is 284 g/mol. The highest BCUT2D eigenvalue weighted by Gasteiger charge is 2.04. The van der Waals surface area contributed by atoms with E-state index >= 15 is 0 Å². The van der Waals surface area contributed by atoms with Crippen molar-refractivity contribution in [1.82, 2.24) is 0 Å². The number of ether oxygens (including phenoxy) is 1. The summed E-state index contributed by atoms with van der Waals surface area (Å²) in [6.45, 7) is 2.78. The molecule has 0 unspecified atom stereocenters. The first-order valence-electron chi connectivity index (χ1n) is 6.66. The lowest BCUT2D eigenvalue weighted by atomic mass is 10.1. The minimum atomic E-state index is -3.33. The summed E-state index contributed by atoms with van der Waals surface area (Å²) in [5, 5.41) is 0. The average Bonchev–Trinajstić information content (AvgIpc) is 2.37. The molecule has 0 N–H and O–H groups in total. The van der Waals surface area contributed by atoms with Gasteiger partial charge in [0.05, 0.1) is 12.4 Å². The summed E-state index contributed by atoms with van der Waals surface area (Å²) >= 11 is 0. The first-order valence-corrected chi connectivity index (χ1v) is 9.14. The third kappa shape index (κ3) is 7.43. The van der Waals surface area contributed by atoms with E-state index in [1.807, 2.05) is 18.2 Å². The Kier molecular flexibility index (Phi) is 7.24. The second-order valence-electron chi connectivity index (χ2n) is 4.47. The van der Waals surface area contributed by atoms with Crippen molar-refractivity contribution in [3.63, 3.8) is 0 Å². The summed E-state index contributed by atoms with van der Waals surface area (Å²) in [5.74, 6) is 1.02. The third-order valence-corrected chi connectivity index (χ3v) is 4.13. The minimum absolute atomic E-state index is 0.0636. The van der Waals surface area contributed by atoms with Crippen LogP contribution in [0.25, 0.3) is 0 Å². The van der Waals surface area contributed by atoms with Crippen LogP contribution in [0, 0.1) is 0 Å². The van der Waals surface area contributed by atoms with Crippen LogP contribution in [-0.2, 0) is 15.5 Å². The molecule has 0 aliphatic heterocycles. The van der Waals surface area contributed by atoms with E-state index in [-0.39, 0.29) is 5.75 Å². The van der Waals surface area contributed by atoms with Crippen molar-refractivity contribution in [2.75, 3.05) is 12.4 Å². The smallest absolute Gasteiger partial charge is 0.232 e. The summed E-state index contributed by atoms with van der Waals surface area (Å²) in [6, 6.07) is 8.04. The Morgan fingerprint density at radius 3 is 2.47 bits per heavy atom. The van der Waals surface area contributed by atoms with Crippen LogP contribution in [0.15, 0.2) is 24.3 Å². The molecule has 0 bridgehead atoms. The van der Waals surface area contributed by atoms with E-state index in [9.17, 15) is 8.42 Å². The van der Waals surface area contributed by atoms with Gasteiger partial charge in [0.1, 0.15) is 5.75 Å². The summed E-state index contributed by atoms with van der Waals surface area (Å²) in [5.41, 5.74) is 1.22. The molecule has 0 amide bonds. The van der Waals surface area contributed by atoms with Crippen molar-refractivity contribution in [3.8, 4) is 5.75 Å². The Morgan fingerprint density at radius 1 is 1.11 bits per heavy atom. The Balaban J connectivity index is 2.14. The fraction of sp³-hybridized carbons (Fsp3) is 0.571. The highest BCUT2D eigenvalue weighted by molar-refractivity contribution is 8.13. The second kappa shape index (κ2) is 8.43. The number of aryl methyl sites for hydroxylation is 1. The topological polar surface area (TPSA) is 43.4 Å². The van der Waals surface area contributed by atoms with Gasteiger partial charge in [0.15, 0.2) is 0 Å². The van der Waals surface area contributed by atoms with Gasteiger partial charge in [-0.3, -0.25) is 0 Å². The van der Waals surface area contributed by atoms with Crippen LogP contribution in [0.3, 0.4) is 0 Å². The number of hydrogen-bond donors (Lipinski definition) is 0. The quantitative estimate of drug-likeness (QED) is 0.515. The Bertz CT molecular complexity index is 471. The fourth-order valence-electron chi connectivity index (χ4n) is 1.85. The standard InChI is InChI=1S/C14H21ClO3S/c1-2-13-9-5-6-10-14(13)18-11-7-3-4-8-12-19(15,16)17/h5-6,9-10H,2-4,7-8,11-12H2,1H3. The molecule has 108 valence electrons. The van der Waals surface area contributed by atoms with E-state index in [1.165, 1.54) is 5.56 Å². The number of unbranched alkanes of at least 4 members (excludes halogenated alkanes) is 3. The Labute approximate surface area is 120 Å². The van der Waals surface area contributed by atoms with Crippen LogP contribution in [0.1, 0.15) is 38.2 Å². The van der Waals surface area contributed by atoms with Gasteiger partial charge in [-0.05, 0) is 30.9 Å². The van der Waals surface area contributed by atoms with E-state index in [0.717, 1.165) is 31.4 Å². The number of hydrogen-bond acceptors (Lipinski definition) is 3. The monoisotopic (exact) mass is 304 g/mol. The lowest BCUT2D eigenvalue weighted by Crippen LogP contribution is -2.01. The molecule has 0 aliphatic rings. The lowest BCUT2D eigenvalue weighted by molar-refractivity contribution is 0.302. The van der Waals surface area contributed by atoms with Crippen LogP contribution in [-0.4, -0.2) is 20.8 Å². The van der Waals surface area contributed by atoms with Gasteiger partial charge in [0.25, 0.3) is 0 Å². The predicted molar refractivity (Wildman–Crippen MR) is 79.4 cm³/mol. The molecule has 0 aliphatic carbocycles. The number of halogens is 1. The zero-order valence-corrected chi connectivity index (χ0v) is 12.8. The molecule has 1 aromatic carbocycles. The number of benzene rings is 1. The minimum Gasteiger partial charge on any atom is -0.493 e. The van der Waals surface area contributed by atoms with Crippen LogP contribution >= 0.6 is 10.7 Å². The molecule has 0 spiro atoms. The fourth-order valence-corrected chi connectivity index (χ4v) is 2.73. The highest BCUT2D eigenvalue weighted by atomic mass is 35.7. The molecule has 0 saturated heterocycles. The molecule has 0 heterocycles. The first-order chi connectivity index (χ1) is 9.03. The average molecular weight is 305 g/mol. The van der Waals surface area contributed by atoms with Gasteiger partial charge >= 0.3 is 0 Å². The van der Waals surface area contributed by atoms with E-state index in [4.69, 9.17) is 15.4 Å². The van der Waals surface area contributed by atoms with Gasteiger partial charge in [0.2, 0.25) is 9.05 Å². The Hall–Kier alpha value is -0.740. The molecule has 3 nitrogen and oxygen atoms in total. The predicted octanol–water partition coefficient (Wildman–Crippen LogP) is 3.76. The van der Waals surface area contributed by atoms with Crippen LogP contribution < -0.4 is 4.74 Å². The van der Waals surface area contributed by atoms with Gasteiger partial charge in [-0.25, -0.2) is 8.42 Å². The molecule has 19 heavy (non-hydrogen) atoms. The second-order valence-corrected chi connectivity index (χ2v) is 7.36. The van der Waals surface area contributed by atoms with Crippen molar-refractivity contribution in [3.05, 3.63) is 29.8 Å². The SMILES string of the molecule is CCc1ccccc1OCCCCCCS(=O)(=O)Cl. The summed E-state index contributed by atoms with van der Waals surface area (Å²) in [6.07, 6.45) is 4.34. The normalized spacial score (nSPS) is 11.5. The van der Waals surface area contributed by atoms with E-state index in [0.29, 0.717) is 13.0 Å². The van der Waals surface area contributed by atoms with Gasteiger partial charge in [-0.1, -0.05) is 38.0 Å². The molecule has 0 fully saturated rings. The van der Waals surface area contributed by atoms with Gasteiger partial charge < -0.3 is 4.74 Å². The molecule has 5 heteroatoms. The van der Waals surface area contributed by atoms with Crippen LogP contribution in [0.2, 0.25) is 0 Å². The zero-order valence-electron chi connectivity index (χ0n) is 11.3. The number of rotatable bonds is 9. The summed E-state index contributed by atoms with van der Waals surface area (Å²) < 4.78 is 27.2. The number of para-hydroxylation sites is 1. The first kappa shape index (κ1) is 16.3. The largest absolute Gasteiger partial charge is 0.493 e. The molecule has 0 aromatic heterocycles. The van der Waals surface area contributed by atoms with Crippen LogP contribution in [0.5, 0.6) is 5.75 Å². The van der Waals surface area contributed by atoms with Gasteiger partial charge in [-0.2, -0.15) is 0 Å². The van der Waals surface area contributed by atoms with E-state index in [1.54, 1.807) is 0 Å². The molecule has 1 rings (SSSR count). The van der Waals surface area contributed by atoms with Crippen molar-refractivity contribution in [1.29, 1.82) is 0 Å². The lowest BCUT2D eigenvalue weighted by Gasteiger charge is -2.09. The molecule has 1 aromatic rings. The van der Waals surface area contributed by atoms with Crippen molar-refractivity contribution < 1.29 is 13.2 Å². The maximum atomic E-state index is 10.7. The Morgan fingerprint density at radius 2 is 1.79 bits per heavy atom.